The lowest BCUT2D eigenvalue weighted by atomic mass is 9.77. The van der Waals surface area contributed by atoms with Gasteiger partial charge in [0.25, 0.3) is 11.8 Å². The Morgan fingerprint density at radius 2 is 0.811 bits per heavy atom. The van der Waals surface area contributed by atoms with Crippen LogP contribution in [0, 0.1) is 34.9 Å². The van der Waals surface area contributed by atoms with Crippen molar-refractivity contribution in [3.63, 3.8) is 0 Å². The number of benzene rings is 8. The smallest absolute Gasteiger partial charge is 0.461 e. The molecule has 0 saturated carbocycles. The molecule has 8 rings (SSSR count). The van der Waals surface area contributed by atoms with Gasteiger partial charge in [0.2, 0.25) is 0 Å². The number of carbonyl (C=O) groups is 2. The van der Waals surface area contributed by atoms with Crippen LogP contribution in [0.2, 0.25) is 0 Å². The van der Waals surface area contributed by atoms with E-state index in [-0.39, 0.29) is 29.0 Å². The fourth-order valence-electron chi connectivity index (χ4n) is 9.25. The molecule has 8 aromatic carbocycles. The summed E-state index contributed by atoms with van der Waals surface area (Å²) in [4.78, 5) is 27.3. The van der Waals surface area contributed by atoms with Crippen molar-refractivity contribution in [1.82, 2.24) is 10.6 Å². The predicted octanol–water partition coefficient (Wildman–Crippen LogP) is 18.9. The molecule has 0 aliphatic rings. The van der Waals surface area contributed by atoms with Crippen LogP contribution in [0.5, 0.6) is 23.0 Å². The number of phenols is 1. The number of alkyl halides is 15. The Morgan fingerprint density at radius 1 is 0.453 bits per heavy atom. The summed E-state index contributed by atoms with van der Waals surface area (Å²) in [7, 11) is 0. The van der Waals surface area contributed by atoms with E-state index in [1.54, 1.807) is 38.1 Å². The number of aromatic hydroxyl groups is 1. The van der Waals surface area contributed by atoms with E-state index in [1.165, 1.54) is 36.4 Å². The number of phenolic OH excluding ortho intramolecular Hbond substituents is 1. The normalized spacial score (nSPS) is 13.2. The molecule has 8 aromatic rings. The molecule has 0 unspecified atom stereocenters. The quantitative estimate of drug-likeness (QED) is 0.0399. The molecule has 0 spiro atoms. The average Bonchev–Trinajstić information content (AvgIpc) is 0.787. The van der Waals surface area contributed by atoms with E-state index in [1.807, 2.05) is 0 Å². The predicted molar refractivity (Wildman–Crippen MR) is 315 cm³/mol. The van der Waals surface area contributed by atoms with Crippen molar-refractivity contribution in [3.8, 4) is 23.0 Å². The maximum atomic E-state index is 15.1. The lowest BCUT2D eigenvalue weighted by molar-refractivity contribution is -0.253. The molecule has 3 N–H and O–H groups in total. The van der Waals surface area contributed by atoms with Gasteiger partial charge in [-0.05, 0) is 132 Å². The Morgan fingerprint density at radius 3 is 1.16 bits per heavy atom. The summed E-state index contributed by atoms with van der Waals surface area (Å²) in [5.74, 6) is -14.2. The summed E-state index contributed by atoms with van der Waals surface area (Å²) in [6, 6.07) is 27.3. The first-order chi connectivity index (χ1) is 44.2. The van der Waals surface area contributed by atoms with Gasteiger partial charge in [-0.2, -0.15) is 61.5 Å². The van der Waals surface area contributed by atoms with Crippen molar-refractivity contribution >= 4 is 34.4 Å². The third kappa shape index (κ3) is 19.7. The largest absolute Gasteiger partial charge is 0.505 e. The van der Waals surface area contributed by atoms with Gasteiger partial charge in [0.05, 0.1) is 28.3 Å². The molecule has 0 saturated heterocycles. The van der Waals surface area contributed by atoms with Crippen LogP contribution in [0.1, 0.15) is 92.9 Å². The standard InChI is InChI=1S/C33H25F10NO3.C30H19F10NO3.C3H7I/c1-18(2)46-28-15-21(9-11-27(28)36)31(17-19-6-4-3-5-7-19,22-13-23(34)16-24(14-22)47-33(42,43)30(37)38)44-29(45)20-8-10-26(35)25(12-20)32(39,40)41;31-20-11-19(12-21(14-20)44-30(39,40)27(34)35)28(15-16-4-2-1-3-5-16,18-7-9-24(33)25(42)13-18)41-26(43)17-6-8-23(32)22(10-17)29(36,37)38;1-3(2)4/h3-16,18,30H,17H2,1-2H3,(H,44,45);1-14,27,42H,15H2,(H,41,43);3H,1-2H3/t31-;28-;/m11./s1. The van der Waals surface area contributed by atoms with Crippen LogP contribution < -0.4 is 24.8 Å². The third-order valence-corrected chi connectivity index (χ3v) is 13.3. The molecule has 8 nitrogen and oxygen atoms in total. The molecule has 508 valence electrons. The molecule has 0 heterocycles. The SMILES string of the molecule is CC(C)I.CC(C)Oc1cc([C@@](Cc2ccccc2)(NC(=O)c2ccc(F)c(C(F)(F)F)c2)c2cc(F)cc(OC(F)(F)C(F)F)c2)ccc1F.O=C(N[C@@](Cc1ccccc1)(c1cc(F)cc(OC(F)(F)C(F)F)c1)c1ccc(F)c(O)c1)c1ccc(F)c(C(F)(F)F)c1. The molecule has 0 fully saturated rings. The van der Waals surface area contributed by atoms with Crippen molar-refractivity contribution in [2.24, 2.45) is 0 Å². The van der Waals surface area contributed by atoms with E-state index >= 15 is 4.39 Å². The molecule has 29 heteroatoms. The number of ether oxygens (including phenoxy) is 3. The lowest BCUT2D eigenvalue weighted by Crippen LogP contribution is -2.49. The van der Waals surface area contributed by atoms with Gasteiger partial charge < -0.3 is 30.0 Å². The molecular formula is C66H51F20IN2O6. The molecular weight excluding hydrogens is 1420 g/mol. The Balaban J connectivity index is 0.000000285. The number of hydrogen-bond donors (Lipinski definition) is 3. The van der Waals surface area contributed by atoms with Crippen LogP contribution in [-0.2, 0) is 36.3 Å². The number of amides is 2. The highest BCUT2D eigenvalue weighted by Gasteiger charge is 2.47. The number of hydrogen-bond acceptors (Lipinski definition) is 6. The molecule has 0 radical (unpaired) electrons. The summed E-state index contributed by atoms with van der Waals surface area (Å²) in [6.07, 6.45) is -30.7. The van der Waals surface area contributed by atoms with Gasteiger partial charge >= 0.3 is 37.4 Å². The first kappa shape index (κ1) is 75.3. The molecule has 0 aliphatic heterocycles. The minimum Gasteiger partial charge on any atom is -0.505 e. The fraction of sp³-hybridized carbons (Fsp3) is 0.242. The number of carbonyl (C=O) groups excluding carboxylic acids is 2. The summed E-state index contributed by atoms with van der Waals surface area (Å²) < 4.78 is 290. The van der Waals surface area contributed by atoms with E-state index in [0.717, 1.165) is 58.5 Å². The Hall–Kier alpha value is -8.77. The topological polar surface area (TPSA) is 106 Å². The zero-order valence-corrected chi connectivity index (χ0v) is 51.5. The highest BCUT2D eigenvalue weighted by Crippen LogP contribution is 2.43. The van der Waals surface area contributed by atoms with Crippen LogP contribution in [-0.4, -0.2) is 52.0 Å². The van der Waals surface area contributed by atoms with Gasteiger partial charge in [-0.15, -0.1) is 0 Å². The molecule has 0 bridgehead atoms. The monoisotopic (exact) mass is 1470 g/mol. The fourth-order valence-corrected chi connectivity index (χ4v) is 9.25. The van der Waals surface area contributed by atoms with E-state index in [2.05, 4.69) is 56.5 Å². The number of rotatable bonds is 20. The van der Waals surface area contributed by atoms with Crippen molar-refractivity contribution in [3.05, 3.63) is 260 Å². The molecule has 95 heavy (non-hydrogen) atoms. The maximum absolute atomic E-state index is 15.1. The summed E-state index contributed by atoms with van der Waals surface area (Å²) in [5, 5.41) is 15.1. The van der Waals surface area contributed by atoms with Gasteiger partial charge in [-0.25, -0.2) is 26.3 Å². The van der Waals surface area contributed by atoms with Crippen LogP contribution in [0.4, 0.5) is 87.8 Å². The van der Waals surface area contributed by atoms with Gasteiger partial charge in [-0.1, -0.05) is 109 Å². The summed E-state index contributed by atoms with van der Waals surface area (Å²) in [6.45, 7) is 7.44. The Labute approximate surface area is 542 Å². The van der Waals surface area contributed by atoms with Gasteiger partial charge in [0.15, 0.2) is 23.1 Å². The summed E-state index contributed by atoms with van der Waals surface area (Å²) >= 11 is 2.34. The van der Waals surface area contributed by atoms with E-state index in [9.17, 15) is 98.1 Å². The average molecular weight is 1480 g/mol. The minimum atomic E-state index is -5.21. The van der Waals surface area contributed by atoms with E-state index in [0.29, 0.717) is 53.6 Å². The van der Waals surface area contributed by atoms with Crippen molar-refractivity contribution in [2.45, 2.75) is 99.1 Å². The first-order valence-electron chi connectivity index (χ1n) is 27.5. The summed E-state index contributed by atoms with van der Waals surface area (Å²) in [5.41, 5.74) is -9.99. The van der Waals surface area contributed by atoms with Crippen LogP contribution in [0.15, 0.2) is 170 Å². The second-order valence-corrected chi connectivity index (χ2v) is 23.7. The molecule has 0 aliphatic carbocycles. The molecule has 0 aromatic heterocycles. The second-order valence-electron chi connectivity index (χ2n) is 21.2. The zero-order chi connectivity index (χ0) is 70.8. The van der Waals surface area contributed by atoms with Crippen molar-refractivity contribution < 1.29 is 117 Å². The Bertz CT molecular complexity index is 3950. The first-order valence-corrected chi connectivity index (χ1v) is 28.8. The third-order valence-electron chi connectivity index (χ3n) is 13.3. The Kier molecular flexibility index (Phi) is 24.4. The van der Waals surface area contributed by atoms with E-state index < -0.39 is 165 Å². The zero-order valence-electron chi connectivity index (χ0n) is 49.3. The van der Waals surface area contributed by atoms with Crippen LogP contribution in [0.25, 0.3) is 0 Å². The van der Waals surface area contributed by atoms with Crippen LogP contribution >= 0.6 is 22.6 Å². The van der Waals surface area contributed by atoms with Crippen LogP contribution in [0.3, 0.4) is 0 Å². The van der Waals surface area contributed by atoms with E-state index in [4.69, 9.17) is 4.74 Å². The molecule has 2 atom stereocenters. The number of nitrogens with one attached hydrogen (secondary N) is 2. The number of halogens is 21. The second kappa shape index (κ2) is 30.7. The van der Waals surface area contributed by atoms with Gasteiger partial charge in [0, 0.05) is 40.0 Å². The maximum Gasteiger partial charge on any atom is 0.461 e. The lowest BCUT2D eigenvalue weighted by Gasteiger charge is -2.37. The van der Waals surface area contributed by atoms with Crippen molar-refractivity contribution in [2.75, 3.05) is 0 Å². The highest BCUT2D eigenvalue weighted by atomic mass is 127. The molecule has 2 amide bonds. The van der Waals surface area contributed by atoms with Crippen molar-refractivity contribution in [1.29, 1.82) is 0 Å². The highest BCUT2D eigenvalue weighted by molar-refractivity contribution is 14.1. The van der Waals surface area contributed by atoms with Gasteiger partial charge in [-0.3, -0.25) is 9.59 Å². The minimum absolute atomic E-state index is 0.0953. The van der Waals surface area contributed by atoms with Gasteiger partial charge in [0.1, 0.15) is 34.8 Å².